The van der Waals surface area contributed by atoms with Gasteiger partial charge in [0.05, 0.1) is 29.6 Å². The summed E-state index contributed by atoms with van der Waals surface area (Å²) >= 11 is 0. The SMILES string of the molecule is CC(C)(C#N)N1C(=O)CNc2cc(C(=O)O)ccc21. The van der Waals surface area contributed by atoms with Crippen LogP contribution in [0.3, 0.4) is 0 Å². The van der Waals surface area contributed by atoms with E-state index in [1.165, 1.54) is 17.0 Å². The van der Waals surface area contributed by atoms with Crippen molar-refractivity contribution in [1.82, 2.24) is 0 Å². The van der Waals surface area contributed by atoms with Crippen molar-refractivity contribution in [2.45, 2.75) is 19.4 Å². The molecule has 1 amide bonds. The van der Waals surface area contributed by atoms with Crippen LogP contribution in [0.15, 0.2) is 18.2 Å². The van der Waals surface area contributed by atoms with E-state index in [9.17, 15) is 14.9 Å². The van der Waals surface area contributed by atoms with E-state index in [0.717, 1.165) is 0 Å². The smallest absolute Gasteiger partial charge is 0.335 e. The van der Waals surface area contributed by atoms with Crippen LogP contribution in [0.2, 0.25) is 0 Å². The molecule has 0 bridgehead atoms. The maximum atomic E-state index is 12.0. The van der Waals surface area contributed by atoms with Gasteiger partial charge in [0.2, 0.25) is 5.91 Å². The highest BCUT2D eigenvalue weighted by Crippen LogP contribution is 2.35. The fourth-order valence-electron chi connectivity index (χ4n) is 2.05. The predicted octanol–water partition coefficient (Wildman–Crippen LogP) is 1.45. The monoisotopic (exact) mass is 259 g/mol. The van der Waals surface area contributed by atoms with Crippen LogP contribution in [-0.2, 0) is 4.79 Å². The maximum absolute atomic E-state index is 12.0. The number of nitrogens with one attached hydrogen (secondary N) is 1. The molecule has 0 aromatic heterocycles. The number of anilines is 2. The minimum atomic E-state index is -1.03. The van der Waals surface area contributed by atoms with Gasteiger partial charge in [-0.1, -0.05) is 0 Å². The van der Waals surface area contributed by atoms with Crippen LogP contribution in [0, 0.1) is 11.3 Å². The number of aromatic carboxylic acids is 1. The number of nitriles is 1. The Kier molecular flexibility index (Phi) is 2.91. The Labute approximate surface area is 110 Å². The summed E-state index contributed by atoms with van der Waals surface area (Å²) in [6.45, 7) is 3.33. The molecule has 1 aliphatic heterocycles. The summed E-state index contributed by atoms with van der Waals surface area (Å²) in [7, 11) is 0. The van der Waals surface area contributed by atoms with Crippen LogP contribution in [0.1, 0.15) is 24.2 Å². The van der Waals surface area contributed by atoms with Crippen LogP contribution in [0.25, 0.3) is 0 Å². The maximum Gasteiger partial charge on any atom is 0.335 e. The number of nitrogens with zero attached hydrogens (tertiary/aromatic N) is 2. The lowest BCUT2D eigenvalue weighted by molar-refractivity contribution is -0.117. The number of amides is 1. The Morgan fingerprint density at radius 3 is 2.79 bits per heavy atom. The van der Waals surface area contributed by atoms with Crippen LogP contribution >= 0.6 is 0 Å². The summed E-state index contributed by atoms with van der Waals surface area (Å²) in [5.74, 6) is -1.25. The van der Waals surface area contributed by atoms with Crippen LogP contribution in [-0.4, -0.2) is 29.1 Å². The van der Waals surface area contributed by atoms with Gasteiger partial charge in [0, 0.05) is 0 Å². The van der Waals surface area contributed by atoms with E-state index >= 15 is 0 Å². The second-order valence-corrected chi connectivity index (χ2v) is 4.79. The van der Waals surface area contributed by atoms with E-state index in [1.807, 2.05) is 0 Å². The molecule has 1 aromatic rings. The van der Waals surface area contributed by atoms with Crippen molar-refractivity contribution in [2.24, 2.45) is 0 Å². The van der Waals surface area contributed by atoms with Crippen molar-refractivity contribution in [1.29, 1.82) is 5.26 Å². The molecule has 0 fully saturated rings. The van der Waals surface area contributed by atoms with Gasteiger partial charge < -0.3 is 10.4 Å². The highest BCUT2D eigenvalue weighted by atomic mass is 16.4. The molecule has 0 aliphatic carbocycles. The first-order valence-electron chi connectivity index (χ1n) is 5.72. The third-order valence-electron chi connectivity index (χ3n) is 3.00. The van der Waals surface area contributed by atoms with Gasteiger partial charge >= 0.3 is 5.97 Å². The molecule has 0 saturated heterocycles. The zero-order valence-corrected chi connectivity index (χ0v) is 10.6. The fourth-order valence-corrected chi connectivity index (χ4v) is 2.05. The van der Waals surface area contributed by atoms with Gasteiger partial charge in [0.1, 0.15) is 5.54 Å². The second kappa shape index (κ2) is 4.28. The summed E-state index contributed by atoms with van der Waals surface area (Å²) in [5, 5.41) is 21.0. The largest absolute Gasteiger partial charge is 0.478 e. The Balaban J connectivity index is 2.55. The van der Waals surface area contributed by atoms with Gasteiger partial charge in [-0.05, 0) is 32.0 Å². The number of benzene rings is 1. The Morgan fingerprint density at radius 2 is 2.21 bits per heavy atom. The van der Waals surface area contributed by atoms with Crippen LogP contribution in [0.5, 0.6) is 0 Å². The lowest BCUT2D eigenvalue weighted by Crippen LogP contribution is -2.51. The average molecular weight is 259 g/mol. The number of hydrogen-bond acceptors (Lipinski definition) is 4. The molecule has 1 heterocycles. The van der Waals surface area contributed by atoms with Crippen molar-refractivity contribution < 1.29 is 14.7 Å². The molecule has 0 atom stereocenters. The van der Waals surface area contributed by atoms with Gasteiger partial charge in [0.25, 0.3) is 0 Å². The Hall–Kier alpha value is -2.55. The van der Waals surface area contributed by atoms with Crippen molar-refractivity contribution in [3.63, 3.8) is 0 Å². The minimum absolute atomic E-state index is 0.0428. The molecule has 2 N–H and O–H groups in total. The van der Waals surface area contributed by atoms with E-state index < -0.39 is 11.5 Å². The second-order valence-electron chi connectivity index (χ2n) is 4.79. The van der Waals surface area contributed by atoms with Gasteiger partial charge in [-0.3, -0.25) is 9.69 Å². The lowest BCUT2D eigenvalue weighted by Gasteiger charge is -2.37. The van der Waals surface area contributed by atoms with E-state index in [4.69, 9.17) is 5.11 Å². The van der Waals surface area contributed by atoms with Gasteiger partial charge in [-0.15, -0.1) is 0 Å². The van der Waals surface area contributed by atoms with Crippen LogP contribution in [0.4, 0.5) is 11.4 Å². The number of carboxylic acids is 1. The minimum Gasteiger partial charge on any atom is -0.478 e. The third-order valence-corrected chi connectivity index (χ3v) is 3.00. The van der Waals surface area contributed by atoms with Crippen molar-refractivity contribution in [3.8, 4) is 6.07 Å². The number of rotatable bonds is 2. The van der Waals surface area contributed by atoms with Crippen molar-refractivity contribution >= 4 is 23.3 Å². The zero-order valence-electron chi connectivity index (χ0n) is 10.6. The first kappa shape index (κ1) is 12.9. The van der Waals surface area contributed by atoms with Gasteiger partial charge in [-0.2, -0.15) is 5.26 Å². The number of carbonyl (C=O) groups is 2. The van der Waals surface area contributed by atoms with E-state index in [2.05, 4.69) is 11.4 Å². The Bertz CT molecular complexity index is 602. The first-order valence-corrected chi connectivity index (χ1v) is 5.72. The molecule has 98 valence electrons. The highest BCUT2D eigenvalue weighted by molar-refractivity contribution is 6.05. The molecular formula is C13H13N3O3. The molecule has 0 saturated carbocycles. The molecule has 19 heavy (non-hydrogen) atoms. The van der Waals surface area contributed by atoms with Gasteiger partial charge in [-0.25, -0.2) is 4.79 Å². The molecule has 0 spiro atoms. The van der Waals surface area contributed by atoms with E-state index in [1.54, 1.807) is 19.9 Å². The highest BCUT2D eigenvalue weighted by Gasteiger charge is 2.36. The number of carbonyl (C=O) groups excluding carboxylic acids is 1. The quantitative estimate of drug-likeness (QED) is 0.838. The molecule has 0 unspecified atom stereocenters. The fraction of sp³-hybridized carbons (Fsp3) is 0.308. The summed E-state index contributed by atoms with van der Waals surface area (Å²) < 4.78 is 0. The number of fused-ring (bicyclic) bond motifs is 1. The first-order chi connectivity index (χ1) is 8.86. The number of carboxylic acid groups (broad SMARTS) is 1. The topological polar surface area (TPSA) is 93.4 Å². The molecule has 6 nitrogen and oxygen atoms in total. The van der Waals surface area contributed by atoms with E-state index in [0.29, 0.717) is 11.4 Å². The van der Waals surface area contributed by atoms with Crippen LogP contribution < -0.4 is 10.2 Å². The molecular weight excluding hydrogens is 246 g/mol. The van der Waals surface area contributed by atoms with E-state index in [-0.39, 0.29) is 18.0 Å². The summed E-state index contributed by atoms with van der Waals surface area (Å²) in [4.78, 5) is 24.3. The lowest BCUT2D eigenvalue weighted by atomic mass is 10.0. The summed E-state index contributed by atoms with van der Waals surface area (Å²) in [6.07, 6.45) is 0. The standard InChI is InChI=1S/C13H13N3O3/c1-13(2,7-14)16-10-4-3-8(12(18)19)5-9(10)15-6-11(16)17/h3-5,15H,6H2,1-2H3,(H,18,19). The Morgan fingerprint density at radius 1 is 1.53 bits per heavy atom. The normalized spacial score (nSPS) is 14.4. The zero-order chi connectivity index (χ0) is 14.2. The molecule has 2 rings (SSSR count). The number of hydrogen-bond donors (Lipinski definition) is 2. The van der Waals surface area contributed by atoms with Gasteiger partial charge in [0.15, 0.2) is 0 Å². The summed E-state index contributed by atoms with van der Waals surface area (Å²) in [5.41, 5.74) is 0.213. The summed E-state index contributed by atoms with van der Waals surface area (Å²) in [6, 6.07) is 6.51. The predicted molar refractivity (Wildman–Crippen MR) is 69.1 cm³/mol. The van der Waals surface area contributed by atoms with Crippen molar-refractivity contribution in [3.05, 3.63) is 23.8 Å². The molecule has 1 aromatic carbocycles. The third kappa shape index (κ3) is 2.10. The average Bonchev–Trinajstić information content (AvgIpc) is 2.37. The van der Waals surface area contributed by atoms with Crippen molar-refractivity contribution in [2.75, 3.05) is 16.8 Å². The molecule has 1 aliphatic rings. The molecule has 0 radical (unpaired) electrons. The molecule has 6 heteroatoms.